The fourth-order valence-electron chi connectivity index (χ4n) is 5.75. The Kier molecular flexibility index (Phi) is 31.7. The van der Waals surface area contributed by atoms with Crippen LogP contribution in [0.2, 0.25) is 0 Å². The topological polar surface area (TPSA) is 105 Å². The van der Waals surface area contributed by atoms with E-state index in [1.165, 1.54) is 122 Å². The van der Waals surface area contributed by atoms with Crippen LogP contribution in [-0.2, 0) is 18.4 Å². The molecule has 0 aromatic rings. The number of rotatable bonds is 36. The molecule has 8 nitrogen and oxygen atoms in total. The lowest BCUT2D eigenvalue weighted by molar-refractivity contribution is -0.870. The molecule has 0 aromatic heterocycles. The molecule has 3 N–H and O–H groups in total. The first-order valence-corrected chi connectivity index (χ1v) is 21.6. The predicted molar refractivity (Wildman–Crippen MR) is 203 cm³/mol. The molecule has 1 unspecified atom stereocenters. The maximum Gasteiger partial charge on any atom is 0.472 e. The molecular formula is C39H80N2O6P+. The van der Waals surface area contributed by atoms with Gasteiger partial charge in [-0.05, 0) is 19.3 Å². The molecule has 0 saturated carbocycles. The number of carbonyl (C=O) groups is 1. The Labute approximate surface area is 297 Å². The highest BCUT2D eigenvalue weighted by molar-refractivity contribution is 7.47. The van der Waals surface area contributed by atoms with Crippen molar-refractivity contribution >= 4 is 13.7 Å². The van der Waals surface area contributed by atoms with Crippen LogP contribution in [0.4, 0.5) is 0 Å². The zero-order valence-corrected chi connectivity index (χ0v) is 33.1. The van der Waals surface area contributed by atoms with Crippen molar-refractivity contribution < 1.29 is 32.9 Å². The highest BCUT2D eigenvalue weighted by atomic mass is 31.2. The van der Waals surface area contributed by atoms with Crippen molar-refractivity contribution in [3.8, 4) is 0 Å². The van der Waals surface area contributed by atoms with Crippen molar-refractivity contribution in [1.29, 1.82) is 0 Å². The number of hydrogen-bond donors (Lipinski definition) is 3. The molecular weight excluding hydrogens is 623 g/mol. The Hall–Kier alpha value is -0.760. The molecule has 286 valence electrons. The summed E-state index contributed by atoms with van der Waals surface area (Å²) in [6.07, 6.45) is 34.1. The van der Waals surface area contributed by atoms with Gasteiger partial charge in [-0.2, -0.15) is 0 Å². The maximum atomic E-state index is 12.8. The van der Waals surface area contributed by atoms with E-state index >= 15 is 0 Å². The standard InChI is InChI=1S/C39H79N2O6P/c1-6-8-10-12-14-16-18-20-22-24-26-28-30-32-38(42)37(36-47-48(44,45)46-35-34-41(3,4)5)40-39(43)33-31-29-27-25-23-21-19-17-15-13-11-9-7-2/h30,32,37-38,42H,6-29,31,33-36H2,1-5H3,(H-,40,43,44,45)/p+1/t37-,38+/m0/s1. The van der Waals surface area contributed by atoms with E-state index in [0.717, 1.165) is 38.5 Å². The van der Waals surface area contributed by atoms with E-state index in [2.05, 4.69) is 19.2 Å². The molecule has 0 aromatic carbocycles. The van der Waals surface area contributed by atoms with Crippen LogP contribution >= 0.6 is 7.82 Å². The number of aliphatic hydroxyl groups is 1. The second-order valence-corrected chi connectivity index (χ2v) is 16.5. The first-order valence-electron chi connectivity index (χ1n) is 20.1. The third-order valence-corrected chi connectivity index (χ3v) is 9.99. The molecule has 0 fully saturated rings. The Morgan fingerprint density at radius 3 is 1.54 bits per heavy atom. The fraction of sp³-hybridized carbons (Fsp3) is 0.923. The third-order valence-electron chi connectivity index (χ3n) is 9.01. The van der Waals surface area contributed by atoms with Gasteiger partial charge < -0.3 is 19.8 Å². The minimum atomic E-state index is -4.32. The van der Waals surface area contributed by atoms with E-state index in [9.17, 15) is 19.4 Å². The van der Waals surface area contributed by atoms with E-state index in [-0.39, 0.29) is 19.1 Å². The van der Waals surface area contributed by atoms with Crippen molar-refractivity contribution in [3.63, 3.8) is 0 Å². The van der Waals surface area contributed by atoms with Gasteiger partial charge in [-0.25, -0.2) is 4.57 Å². The number of nitrogens with zero attached hydrogens (tertiary/aromatic N) is 1. The summed E-state index contributed by atoms with van der Waals surface area (Å²) in [5.41, 5.74) is 0. The van der Waals surface area contributed by atoms with E-state index in [4.69, 9.17) is 9.05 Å². The van der Waals surface area contributed by atoms with Crippen LogP contribution in [0.3, 0.4) is 0 Å². The second-order valence-electron chi connectivity index (χ2n) is 15.0. The molecule has 0 spiro atoms. The van der Waals surface area contributed by atoms with Gasteiger partial charge in [0.1, 0.15) is 13.2 Å². The molecule has 0 radical (unpaired) electrons. The number of phosphoric acid groups is 1. The Balaban J connectivity index is 4.50. The zero-order chi connectivity index (χ0) is 35.8. The molecule has 48 heavy (non-hydrogen) atoms. The molecule has 0 bridgehead atoms. The van der Waals surface area contributed by atoms with Crippen molar-refractivity contribution in [2.75, 3.05) is 40.9 Å². The molecule has 0 aliphatic heterocycles. The molecule has 0 rings (SSSR count). The first kappa shape index (κ1) is 47.2. The average molecular weight is 704 g/mol. The summed E-state index contributed by atoms with van der Waals surface area (Å²) >= 11 is 0. The fourth-order valence-corrected chi connectivity index (χ4v) is 6.48. The van der Waals surface area contributed by atoms with Crippen LogP contribution in [0, 0.1) is 0 Å². The summed E-state index contributed by atoms with van der Waals surface area (Å²) in [5, 5.41) is 13.8. The highest BCUT2D eigenvalue weighted by Crippen LogP contribution is 2.43. The molecule has 0 saturated heterocycles. The number of phosphoric ester groups is 1. The average Bonchev–Trinajstić information content (AvgIpc) is 3.02. The van der Waals surface area contributed by atoms with Gasteiger partial charge in [0.25, 0.3) is 0 Å². The summed E-state index contributed by atoms with van der Waals surface area (Å²) in [6, 6.07) is -0.837. The van der Waals surface area contributed by atoms with Gasteiger partial charge in [0, 0.05) is 6.42 Å². The smallest absolute Gasteiger partial charge is 0.387 e. The largest absolute Gasteiger partial charge is 0.472 e. The summed E-state index contributed by atoms with van der Waals surface area (Å²) in [7, 11) is 1.58. The number of unbranched alkanes of at least 4 members (excludes halogenated alkanes) is 23. The summed E-state index contributed by atoms with van der Waals surface area (Å²) < 4.78 is 23.5. The lowest BCUT2D eigenvalue weighted by Gasteiger charge is -2.25. The minimum Gasteiger partial charge on any atom is -0.387 e. The van der Waals surface area contributed by atoms with Gasteiger partial charge in [-0.1, -0.05) is 167 Å². The van der Waals surface area contributed by atoms with Gasteiger partial charge >= 0.3 is 7.82 Å². The van der Waals surface area contributed by atoms with Crippen molar-refractivity contribution in [1.82, 2.24) is 5.32 Å². The maximum absolute atomic E-state index is 12.8. The summed E-state index contributed by atoms with van der Waals surface area (Å²) in [5.74, 6) is -0.178. The molecule has 9 heteroatoms. The summed E-state index contributed by atoms with van der Waals surface area (Å²) in [6.45, 7) is 4.80. The number of hydrogen-bond acceptors (Lipinski definition) is 5. The lowest BCUT2D eigenvalue weighted by atomic mass is 10.0. The van der Waals surface area contributed by atoms with E-state index in [1.807, 2.05) is 27.2 Å². The van der Waals surface area contributed by atoms with Crippen molar-refractivity contribution in [2.24, 2.45) is 0 Å². The van der Waals surface area contributed by atoms with Gasteiger partial charge in [0.05, 0.1) is 39.9 Å². The number of aliphatic hydroxyl groups excluding tert-OH is 1. The number of nitrogens with one attached hydrogen (secondary N) is 1. The zero-order valence-electron chi connectivity index (χ0n) is 32.2. The summed E-state index contributed by atoms with van der Waals surface area (Å²) in [4.78, 5) is 23.0. The Morgan fingerprint density at radius 1 is 0.688 bits per heavy atom. The van der Waals surface area contributed by atoms with Gasteiger partial charge in [0.15, 0.2) is 0 Å². The van der Waals surface area contributed by atoms with Gasteiger partial charge in [0.2, 0.25) is 5.91 Å². The number of carbonyl (C=O) groups excluding carboxylic acids is 1. The van der Waals surface area contributed by atoms with Crippen molar-refractivity contribution in [3.05, 3.63) is 12.2 Å². The van der Waals surface area contributed by atoms with Crippen LogP contribution in [0.25, 0.3) is 0 Å². The van der Waals surface area contributed by atoms with Crippen LogP contribution < -0.4 is 5.32 Å². The minimum absolute atomic E-state index is 0.0643. The first-order chi connectivity index (χ1) is 23.0. The van der Waals surface area contributed by atoms with Crippen LogP contribution in [0.5, 0.6) is 0 Å². The number of quaternary nitrogens is 1. The molecule has 1 amide bonds. The van der Waals surface area contributed by atoms with E-state index < -0.39 is 20.0 Å². The van der Waals surface area contributed by atoms with Crippen LogP contribution in [0.1, 0.15) is 181 Å². The van der Waals surface area contributed by atoms with E-state index in [1.54, 1.807) is 6.08 Å². The third kappa shape index (κ3) is 33.7. The Bertz CT molecular complexity index is 804. The number of allylic oxidation sites excluding steroid dienone is 1. The normalized spacial score (nSPS) is 14.7. The Morgan fingerprint density at radius 2 is 1.10 bits per heavy atom. The van der Waals surface area contributed by atoms with E-state index in [0.29, 0.717) is 17.4 Å². The van der Waals surface area contributed by atoms with Crippen LogP contribution in [-0.4, -0.2) is 73.4 Å². The molecule has 0 heterocycles. The molecule has 0 aliphatic carbocycles. The highest BCUT2D eigenvalue weighted by Gasteiger charge is 2.27. The quantitative estimate of drug-likeness (QED) is 0.0260. The number of amides is 1. The van der Waals surface area contributed by atoms with Crippen molar-refractivity contribution in [2.45, 2.75) is 193 Å². The second kappa shape index (κ2) is 32.2. The predicted octanol–water partition coefficient (Wildman–Crippen LogP) is 10.4. The number of likely N-dealkylation sites (N-methyl/N-ethyl adjacent to an activating group) is 1. The van der Waals surface area contributed by atoms with Gasteiger partial charge in [-0.3, -0.25) is 13.8 Å². The molecule has 3 atom stereocenters. The SMILES string of the molecule is CCCCCCCCCCCCCC=C[C@@H](O)[C@H](COP(=O)(O)OCC[N+](C)(C)C)NC(=O)CCCCCCCCCCCCCCC. The molecule has 0 aliphatic rings. The van der Waals surface area contributed by atoms with Crippen LogP contribution in [0.15, 0.2) is 12.2 Å². The lowest BCUT2D eigenvalue weighted by Crippen LogP contribution is -2.45. The monoisotopic (exact) mass is 704 g/mol. The van der Waals surface area contributed by atoms with Gasteiger partial charge in [-0.15, -0.1) is 0 Å².